The first-order valence-electron chi connectivity index (χ1n) is 17.8. The Labute approximate surface area is 303 Å². The van der Waals surface area contributed by atoms with Crippen LogP contribution in [0.15, 0.2) is 194 Å². The van der Waals surface area contributed by atoms with E-state index in [0.717, 1.165) is 17.1 Å². The molecule has 52 heavy (non-hydrogen) atoms. The molecule has 9 aromatic rings. The van der Waals surface area contributed by atoms with Crippen molar-refractivity contribution in [2.45, 2.75) is 0 Å². The number of fused-ring (bicyclic) bond motifs is 5. The lowest BCUT2D eigenvalue weighted by molar-refractivity contribution is 1.13. The van der Waals surface area contributed by atoms with Crippen molar-refractivity contribution < 1.29 is 0 Å². The number of hydrogen-bond acceptors (Lipinski definition) is 2. The van der Waals surface area contributed by atoms with E-state index in [0.29, 0.717) is 0 Å². The highest BCUT2D eigenvalue weighted by atomic mass is 15.3. The third kappa shape index (κ3) is 4.90. The molecule has 8 aromatic carbocycles. The van der Waals surface area contributed by atoms with Crippen molar-refractivity contribution in [2.75, 3.05) is 16.8 Å². The smallest absolute Gasteiger partial charge is 0.0700 e. The monoisotopic (exact) mass is 665 g/mol. The Bertz CT molecular complexity index is 2640. The van der Waals surface area contributed by atoms with Crippen LogP contribution in [0.1, 0.15) is 0 Å². The Morgan fingerprint density at radius 1 is 0.308 bits per heavy atom. The molecule has 10 rings (SSSR count). The second-order valence-corrected chi connectivity index (χ2v) is 13.5. The fraction of sp³-hybridized carbons (Fsp3) is 0.0204. The van der Waals surface area contributed by atoms with Gasteiger partial charge in [0.2, 0.25) is 0 Å². The summed E-state index contributed by atoms with van der Waals surface area (Å²) in [5.74, 6) is 0. The average molecular weight is 666 g/mol. The van der Waals surface area contributed by atoms with Gasteiger partial charge in [0.25, 0.3) is 0 Å². The summed E-state index contributed by atoms with van der Waals surface area (Å²) in [6, 6.07) is 70.2. The van der Waals surface area contributed by atoms with Crippen molar-refractivity contribution in [3.63, 3.8) is 0 Å². The predicted molar refractivity (Wildman–Crippen MR) is 220 cm³/mol. The number of para-hydroxylation sites is 2. The first-order chi connectivity index (χ1) is 25.7. The lowest BCUT2D eigenvalue weighted by atomic mass is 9.97. The topological polar surface area (TPSA) is 11.4 Å². The summed E-state index contributed by atoms with van der Waals surface area (Å²) in [4.78, 5) is 4.75. The van der Waals surface area contributed by atoms with E-state index in [1.807, 2.05) is 0 Å². The van der Waals surface area contributed by atoms with Crippen molar-refractivity contribution in [3.8, 4) is 39.1 Å². The highest BCUT2D eigenvalue weighted by Gasteiger charge is 2.28. The van der Waals surface area contributed by atoms with Gasteiger partial charge in [-0.1, -0.05) is 127 Å². The fourth-order valence-electron chi connectivity index (χ4n) is 7.93. The Hall–Kier alpha value is -6.84. The molecule has 0 N–H and O–H groups in total. The van der Waals surface area contributed by atoms with Gasteiger partial charge in [-0.2, -0.15) is 0 Å². The van der Waals surface area contributed by atoms with Crippen LogP contribution in [0.2, 0.25) is 0 Å². The van der Waals surface area contributed by atoms with Gasteiger partial charge in [0.05, 0.1) is 33.8 Å². The molecular formula is C49H35N3. The van der Waals surface area contributed by atoms with Gasteiger partial charge in [-0.3, -0.25) is 0 Å². The van der Waals surface area contributed by atoms with Gasteiger partial charge in [-0.25, -0.2) is 0 Å². The third-order valence-corrected chi connectivity index (χ3v) is 10.5. The number of nitrogens with zero attached hydrogens (tertiary/aromatic N) is 3. The number of rotatable bonds is 5. The Balaban J connectivity index is 1.08. The molecule has 3 heteroatoms. The lowest BCUT2D eigenvalue weighted by Gasteiger charge is -2.39. The second kappa shape index (κ2) is 12.2. The van der Waals surface area contributed by atoms with E-state index in [-0.39, 0.29) is 0 Å². The second-order valence-electron chi connectivity index (χ2n) is 13.5. The molecule has 0 bridgehead atoms. The Kier molecular flexibility index (Phi) is 7.04. The molecule has 0 aliphatic carbocycles. The quantitative estimate of drug-likeness (QED) is 0.181. The minimum atomic E-state index is 1.13. The molecule has 2 heterocycles. The van der Waals surface area contributed by atoms with Crippen LogP contribution < -0.4 is 9.80 Å². The summed E-state index contributed by atoms with van der Waals surface area (Å²) in [5.41, 5.74) is 16.6. The minimum absolute atomic E-state index is 1.13. The van der Waals surface area contributed by atoms with Gasteiger partial charge < -0.3 is 14.4 Å². The van der Waals surface area contributed by atoms with Gasteiger partial charge in [0.15, 0.2) is 0 Å². The third-order valence-electron chi connectivity index (χ3n) is 10.5. The summed E-state index contributed by atoms with van der Waals surface area (Å²) >= 11 is 0. The molecule has 1 aromatic heterocycles. The van der Waals surface area contributed by atoms with E-state index in [1.165, 1.54) is 72.2 Å². The van der Waals surface area contributed by atoms with Gasteiger partial charge in [0.1, 0.15) is 0 Å². The van der Waals surface area contributed by atoms with E-state index in [4.69, 9.17) is 0 Å². The molecule has 0 saturated carbocycles. The van der Waals surface area contributed by atoms with Crippen molar-refractivity contribution in [1.29, 1.82) is 0 Å². The Morgan fingerprint density at radius 3 is 1.38 bits per heavy atom. The average Bonchev–Trinajstić information content (AvgIpc) is 3.56. The first-order valence-corrected chi connectivity index (χ1v) is 17.8. The summed E-state index contributed by atoms with van der Waals surface area (Å²) in [7, 11) is 2.19. The van der Waals surface area contributed by atoms with E-state index >= 15 is 0 Å². The molecule has 0 fully saturated rings. The van der Waals surface area contributed by atoms with Crippen LogP contribution in [0.25, 0.3) is 60.9 Å². The van der Waals surface area contributed by atoms with Crippen molar-refractivity contribution in [3.05, 3.63) is 194 Å². The normalized spacial score (nSPS) is 12.2. The van der Waals surface area contributed by atoms with Gasteiger partial charge >= 0.3 is 0 Å². The highest BCUT2D eigenvalue weighted by Crippen LogP contribution is 2.52. The number of benzene rings is 8. The largest absolute Gasteiger partial charge is 0.341 e. The van der Waals surface area contributed by atoms with Crippen LogP contribution in [-0.2, 0) is 0 Å². The van der Waals surface area contributed by atoms with E-state index in [1.54, 1.807) is 0 Å². The van der Waals surface area contributed by atoms with Gasteiger partial charge in [0, 0.05) is 29.2 Å². The lowest BCUT2D eigenvalue weighted by Crippen LogP contribution is -2.24. The zero-order chi connectivity index (χ0) is 34.6. The van der Waals surface area contributed by atoms with Crippen LogP contribution in [0.5, 0.6) is 0 Å². The van der Waals surface area contributed by atoms with Crippen LogP contribution in [0.3, 0.4) is 0 Å². The molecule has 3 nitrogen and oxygen atoms in total. The van der Waals surface area contributed by atoms with Crippen molar-refractivity contribution in [2.24, 2.45) is 0 Å². The van der Waals surface area contributed by atoms with E-state index < -0.39 is 0 Å². The maximum Gasteiger partial charge on any atom is 0.0700 e. The van der Waals surface area contributed by atoms with Crippen LogP contribution in [0, 0.1) is 0 Å². The molecule has 0 saturated heterocycles. The van der Waals surface area contributed by atoms with E-state index in [2.05, 4.69) is 216 Å². The standard InChI is InChI=1S/C49H35N3/c1-50-48-32-38(34-13-5-2-6-14-34)24-29-46(48)52(47-30-25-39(33-49(47)50)35-15-7-3-8-16-35)41-26-21-36(22-27-41)37-23-28-45-43(31-37)42-19-11-12-20-44(42)51(45)40-17-9-4-10-18-40/h2-33H,1H3. The van der Waals surface area contributed by atoms with Crippen LogP contribution in [-0.4, -0.2) is 11.6 Å². The summed E-state index contributed by atoms with van der Waals surface area (Å²) < 4.78 is 2.37. The first kappa shape index (κ1) is 30.0. The number of aromatic nitrogens is 1. The minimum Gasteiger partial charge on any atom is -0.341 e. The predicted octanol–water partition coefficient (Wildman–Crippen LogP) is 13.3. The summed E-state index contributed by atoms with van der Waals surface area (Å²) in [5, 5.41) is 2.52. The summed E-state index contributed by atoms with van der Waals surface area (Å²) in [6.07, 6.45) is 0. The SMILES string of the molecule is CN1c2cc(-c3ccccc3)ccc2N(c2ccc(-c3ccc4c(c3)c3ccccc3n4-c3ccccc3)cc2)c2ccc(-c3ccccc3)cc21. The van der Waals surface area contributed by atoms with Crippen LogP contribution >= 0.6 is 0 Å². The molecule has 0 radical (unpaired) electrons. The highest BCUT2D eigenvalue weighted by molar-refractivity contribution is 6.10. The zero-order valence-electron chi connectivity index (χ0n) is 28.8. The Morgan fingerprint density at radius 2 is 0.769 bits per heavy atom. The van der Waals surface area contributed by atoms with E-state index in [9.17, 15) is 0 Å². The van der Waals surface area contributed by atoms with Crippen molar-refractivity contribution >= 4 is 50.2 Å². The molecule has 0 spiro atoms. The zero-order valence-corrected chi connectivity index (χ0v) is 28.8. The maximum absolute atomic E-state index is 2.41. The maximum atomic E-state index is 2.41. The molecule has 1 aliphatic rings. The van der Waals surface area contributed by atoms with Crippen molar-refractivity contribution in [1.82, 2.24) is 4.57 Å². The fourth-order valence-corrected chi connectivity index (χ4v) is 7.93. The molecule has 0 amide bonds. The molecule has 0 atom stereocenters. The number of anilines is 5. The van der Waals surface area contributed by atoms with Crippen LogP contribution in [0.4, 0.5) is 28.4 Å². The molecular weight excluding hydrogens is 631 g/mol. The number of hydrogen-bond donors (Lipinski definition) is 0. The van der Waals surface area contributed by atoms with Gasteiger partial charge in [-0.15, -0.1) is 0 Å². The van der Waals surface area contributed by atoms with Gasteiger partial charge in [-0.05, 0) is 100 Å². The molecule has 1 aliphatic heterocycles. The molecule has 246 valence electrons. The molecule has 0 unspecified atom stereocenters. The summed E-state index contributed by atoms with van der Waals surface area (Å²) in [6.45, 7) is 0.